The number of nitrogens with zero attached hydrogens (tertiary/aromatic N) is 7. The highest BCUT2D eigenvalue weighted by Crippen LogP contribution is 2.36. The lowest BCUT2D eigenvalue weighted by Crippen LogP contribution is -2.45. The summed E-state index contributed by atoms with van der Waals surface area (Å²) in [6.07, 6.45) is 11.6. The molecule has 2 amide bonds. The third-order valence-corrected chi connectivity index (χ3v) is 11.1. The molecule has 8 rings (SSSR count). The number of imidazole rings is 2. The summed E-state index contributed by atoms with van der Waals surface area (Å²) in [4.78, 5) is 70.5. The van der Waals surface area contributed by atoms with Crippen LogP contribution in [0.2, 0.25) is 0 Å². The van der Waals surface area contributed by atoms with E-state index < -0.39 is 12.1 Å². The average molecular weight is 793 g/mol. The molecule has 0 aliphatic carbocycles. The molecule has 2 fully saturated rings. The van der Waals surface area contributed by atoms with Gasteiger partial charge in [-0.15, -0.1) is 0 Å². The topological polar surface area (TPSA) is 167 Å². The standard InChI is InChI=1S/C45H48N10O4/c1-29(2)39(53-45-46-22-9-23-47-45)43(56)54-24-7-12-37(54)41-48-26-35(51-41)32-18-14-30(15-19-32)31-16-20-33(21-17-31)36-27-49-42(52-36)38-13-8-25-55(38)44(57)40(50-28-59-58-3)34-10-5-4-6-11-34/h4-6,9-11,14-23,26-29,37-40H,7-8,12-13,24-25H2,1-3H3,(H,48,51)(H,49,52)(H,46,47,53)/b50-28+/t37-,38-,39+,40+/m0/s1. The molecule has 14 nitrogen and oxygen atoms in total. The lowest BCUT2D eigenvalue weighted by molar-refractivity contribution is -0.188. The smallest absolute Gasteiger partial charge is 0.252 e. The number of nitrogens with one attached hydrogen (secondary N) is 3. The van der Waals surface area contributed by atoms with Crippen LogP contribution in [0.25, 0.3) is 33.6 Å². The molecule has 14 heteroatoms. The number of benzene rings is 3. The molecule has 2 aliphatic rings. The molecule has 0 spiro atoms. The molecule has 0 unspecified atom stereocenters. The number of amides is 2. The highest BCUT2D eigenvalue weighted by atomic mass is 17.2. The van der Waals surface area contributed by atoms with Crippen molar-refractivity contribution in [2.24, 2.45) is 10.9 Å². The number of carbonyl (C=O) groups excluding carboxylic acids is 2. The van der Waals surface area contributed by atoms with Gasteiger partial charge in [-0.1, -0.05) is 92.7 Å². The molecule has 3 aromatic heterocycles. The van der Waals surface area contributed by atoms with Crippen LogP contribution in [0.15, 0.2) is 115 Å². The minimum absolute atomic E-state index is 0.0253. The van der Waals surface area contributed by atoms with E-state index in [0.29, 0.717) is 19.0 Å². The van der Waals surface area contributed by atoms with E-state index in [1.54, 1.807) is 18.5 Å². The Bertz CT molecular complexity index is 2350. The first-order chi connectivity index (χ1) is 28.9. The van der Waals surface area contributed by atoms with Crippen molar-refractivity contribution in [1.29, 1.82) is 0 Å². The molecule has 2 saturated heterocycles. The van der Waals surface area contributed by atoms with Crippen LogP contribution in [-0.4, -0.2) is 84.2 Å². The molecule has 6 aromatic rings. The zero-order valence-electron chi connectivity index (χ0n) is 33.4. The number of rotatable bonds is 14. The summed E-state index contributed by atoms with van der Waals surface area (Å²) >= 11 is 0. The van der Waals surface area contributed by atoms with E-state index in [-0.39, 0.29) is 29.8 Å². The van der Waals surface area contributed by atoms with Crippen LogP contribution in [0.3, 0.4) is 0 Å². The molecule has 4 atom stereocenters. The van der Waals surface area contributed by atoms with Crippen molar-refractivity contribution in [1.82, 2.24) is 39.7 Å². The van der Waals surface area contributed by atoms with Crippen LogP contribution in [0.1, 0.15) is 74.9 Å². The second-order valence-corrected chi connectivity index (χ2v) is 15.2. The predicted octanol–water partition coefficient (Wildman–Crippen LogP) is 7.74. The number of aromatic amines is 2. The second kappa shape index (κ2) is 17.9. The summed E-state index contributed by atoms with van der Waals surface area (Å²) < 4.78 is 0. The van der Waals surface area contributed by atoms with Gasteiger partial charge in [0, 0.05) is 25.5 Å². The Kier molecular flexibility index (Phi) is 11.9. The van der Waals surface area contributed by atoms with Crippen molar-refractivity contribution < 1.29 is 19.4 Å². The van der Waals surface area contributed by atoms with Crippen molar-refractivity contribution in [3.63, 3.8) is 0 Å². The van der Waals surface area contributed by atoms with E-state index in [9.17, 15) is 9.59 Å². The first-order valence-electron chi connectivity index (χ1n) is 20.1. The Hall–Kier alpha value is -6.67. The van der Waals surface area contributed by atoms with E-state index in [2.05, 4.69) is 83.7 Å². The van der Waals surface area contributed by atoms with Crippen molar-refractivity contribution in [3.05, 3.63) is 127 Å². The first-order valence-corrected chi connectivity index (χ1v) is 20.1. The minimum atomic E-state index is -0.761. The molecular weight excluding hydrogens is 745 g/mol. The van der Waals surface area contributed by atoms with Crippen LogP contribution < -0.4 is 5.32 Å². The highest BCUT2D eigenvalue weighted by Gasteiger charge is 2.38. The minimum Gasteiger partial charge on any atom is -0.342 e. The van der Waals surface area contributed by atoms with E-state index in [0.717, 1.165) is 76.5 Å². The van der Waals surface area contributed by atoms with Crippen molar-refractivity contribution in [2.45, 2.75) is 63.7 Å². The fourth-order valence-corrected chi connectivity index (χ4v) is 8.04. The fraction of sp³-hybridized carbons (Fsp3) is 0.311. The zero-order valence-corrected chi connectivity index (χ0v) is 33.4. The summed E-state index contributed by atoms with van der Waals surface area (Å²) in [5.74, 6) is 1.93. The average Bonchev–Trinajstić information content (AvgIpc) is 4.12. The molecule has 302 valence electrons. The molecule has 0 bridgehead atoms. The number of aromatic nitrogens is 6. The number of hydrogen-bond acceptors (Lipinski definition) is 10. The highest BCUT2D eigenvalue weighted by molar-refractivity contribution is 5.86. The van der Waals surface area contributed by atoms with Crippen LogP contribution >= 0.6 is 0 Å². The van der Waals surface area contributed by atoms with Crippen molar-refractivity contribution in [3.8, 4) is 33.6 Å². The molecular formula is C45H48N10O4. The number of carbonyl (C=O) groups is 2. The Labute approximate surface area is 343 Å². The van der Waals surface area contributed by atoms with Crippen molar-refractivity contribution in [2.75, 3.05) is 25.5 Å². The Morgan fingerprint density at radius 2 is 1.25 bits per heavy atom. The Balaban J connectivity index is 0.918. The van der Waals surface area contributed by atoms with Gasteiger partial charge in [-0.3, -0.25) is 9.59 Å². The molecule has 0 saturated carbocycles. The summed E-state index contributed by atoms with van der Waals surface area (Å²) in [5.41, 5.74) is 6.73. The van der Waals surface area contributed by atoms with Gasteiger partial charge in [0.1, 0.15) is 17.7 Å². The van der Waals surface area contributed by atoms with Gasteiger partial charge < -0.3 is 30.0 Å². The summed E-state index contributed by atoms with van der Waals surface area (Å²) in [6, 6.07) is 26.4. The molecule has 59 heavy (non-hydrogen) atoms. The van der Waals surface area contributed by atoms with Gasteiger partial charge in [0.2, 0.25) is 18.3 Å². The Morgan fingerprint density at radius 1 is 0.729 bits per heavy atom. The van der Waals surface area contributed by atoms with Gasteiger partial charge in [-0.25, -0.2) is 24.9 Å². The van der Waals surface area contributed by atoms with Gasteiger partial charge in [0.25, 0.3) is 5.91 Å². The second-order valence-electron chi connectivity index (χ2n) is 15.2. The molecule has 3 aromatic carbocycles. The Morgan fingerprint density at radius 3 is 1.78 bits per heavy atom. The van der Waals surface area contributed by atoms with Crippen LogP contribution in [0.4, 0.5) is 5.95 Å². The molecule has 5 heterocycles. The zero-order chi connectivity index (χ0) is 40.7. The third-order valence-electron chi connectivity index (χ3n) is 11.1. The summed E-state index contributed by atoms with van der Waals surface area (Å²) in [7, 11) is 1.39. The normalized spacial score (nSPS) is 17.8. The predicted molar refractivity (Wildman–Crippen MR) is 224 cm³/mol. The molecule has 2 aliphatic heterocycles. The van der Waals surface area contributed by atoms with E-state index in [1.165, 1.54) is 13.5 Å². The quantitative estimate of drug-likeness (QED) is 0.0433. The van der Waals surface area contributed by atoms with E-state index in [4.69, 9.17) is 14.9 Å². The van der Waals surface area contributed by atoms with Crippen molar-refractivity contribution >= 4 is 24.2 Å². The number of hydrogen-bond donors (Lipinski definition) is 3. The SMILES string of the molecule is COO/C=N/[C@@H](C(=O)N1CCC[C@H]1c1ncc(-c2ccc(-c3ccc(-c4cnc([C@@H]5CCCN5C(=O)[C@H](Nc5ncccn5)C(C)C)[nH]4)cc3)cc2)[nH]1)c1ccccc1. The molecule has 3 N–H and O–H groups in total. The van der Waals surface area contributed by atoms with Crippen LogP contribution in [-0.2, 0) is 19.4 Å². The van der Waals surface area contributed by atoms with Crippen LogP contribution in [0.5, 0.6) is 0 Å². The van der Waals surface area contributed by atoms with E-state index in [1.807, 2.05) is 66.4 Å². The van der Waals surface area contributed by atoms with Gasteiger partial charge >= 0.3 is 0 Å². The first kappa shape index (κ1) is 39.2. The maximum Gasteiger partial charge on any atom is 0.252 e. The summed E-state index contributed by atoms with van der Waals surface area (Å²) in [5, 5.41) is 3.25. The maximum absolute atomic E-state index is 13.9. The van der Waals surface area contributed by atoms with Crippen LogP contribution in [0, 0.1) is 5.92 Å². The number of likely N-dealkylation sites (tertiary alicyclic amines) is 2. The van der Waals surface area contributed by atoms with E-state index >= 15 is 0 Å². The lowest BCUT2D eigenvalue weighted by atomic mass is 10.0. The maximum atomic E-state index is 13.9. The number of aliphatic imine (C=N–C) groups is 1. The fourth-order valence-electron chi connectivity index (χ4n) is 8.04. The van der Waals surface area contributed by atoms with Gasteiger partial charge in [-0.05, 0) is 65.5 Å². The number of H-pyrrole nitrogens is 2. The summed E-state index contributed by atoms with van der Waals surface area (Å²) in [6.45, 7) is 5.34. The van der Waals surface area contributed by atoms with Gasteiger partial charge in [0.15, 0.2) is 6.04 Å². The van der Waals surface area contributed by atoms with Gasteiger partial charge in [0.05, 0.1) is 43.0 Å². The van der Waals surface area contributed by atoms with Gasteiger partial charge in [-0.2, -0.15) is 4.89 Å². The largest absolute Gasteiger partial charge is 0.342 e. The lowest BCUT2D eigenvalue weighted by Gasteiger charge is -2.30. The number of anilines is 1. The molecule has 0 radical (unpaired) electrons. The monoisotopic (exact) mass is 792 g/mol. The third kappa shape index (κ3) is 8.63.